The highest BCUT2D eigenvalue weighted by Crippen LogP contribution is 2.43. The first-order valence-electron chi connectivity index (χ1n) is 5.65. The summed E-state index contributed by atoms with van der Waals surface area (Å²) in [7, 11) is 0. The molecule has 0 saturated carbocycles. The maximum Gasteiger partial charge on any atom is 0.258 e. The van der Waals surface area contributed by atoms with Crippen molar-refractivity contribution in [3.63, 3.8) is 0 Å². The number of amides is 2. The molecule has 90 valence electrons. The Kier molecular flexibility index (Phi) is 2.75. The number of ether oxygens (including phenoxy) is 1. The Morgan fingerprint density at radius 1 is 1.38 bits per heavy atom. The summed E-state index contributed by atoms with van der Waals surface area (Å²) in [5, 5.41) is 11.3. The maximum atomic E-state index is 11.8. The van der Waals surface area contributed by atoms with E-state index in [0.29, 0.717) is 25.7 Å². The van der Waals surface area contributed by atoms with E-state index in [-0.39, 0.29) is 18.4 Å². The van der Waals surface area contributed by atoms with Crippen molar-refractivity contribution < 1.29 is 19.4 Å². The average Bonchev–Trinajstić information content (AvgIpc) is 2.53. The molecule has 2 rings (SSSR count). The van der Waals surface area contributed by atoms with Crippen LogP contribution in [-0.2, 0) is 14.3 Å². The van der Waals surface area contributed by atoms with E-state index in [1.807, 2.05) is 6.92 Å². The van der Waals surface area contributed by atoms with E-state index < -0.39 is 11.2 Å². The lowest BCUT2D eigenvalue weighted by atomic mass is 9.88. The second-order valence-electron chi connectivity index (χ2n) is 4.90. The highest BCUT2D eigenvalue weighted by molar-refractivity contribution is 6.02. The third-order valence-electron chi connectivity index (χ3n) is 3.56. The highest BCUT2D eigenvalue weighted by atomic mass is 16.5. The van der Waals surface area contributed by atoms with E-state index in [1.54, 1.807) is 0 Å². The fourth-order valence-corrected chi connectivity index (χ4v) is 2.52. The van der Waals surface area contributed by atoms with Crippen LogP contribution < -0.4 is 5.32 Å². The Morgan fingerprint density at radius 3 is 2.75 bits per heavy atom. The van der Waals surface area contributed by atoms with Gasteiger partial charge in [-0.3, -0.25) is 14.9 Å². The third kappa shape index (κ3) is 1.85. The van der Waals surface area contributed by atoms with Crippen molar-refractivity contribution in [3.8, 4) is 0 Å². The number of rotatable bonds is 2. The Balaban J connectivity index is 2.11. The van der Waals surface area contributed by atoms with Crippen molar-refractivity contribution >= 4 is 11.8 Å². The molecule has 0 bridgehead atoms. The number of carbonyl (C=O) groups excluding carboxylic acids is 2. The Bertz CT molecular complexity index is 330. The number of hydrogen-bond acceptors (Lipinski definition) is 4. The van der Waals surface area contributed by atoms with Gasteiger partial charge in [0.25, 0.3) is 5.91 Å². The standard InChI is InChI=1S/C11H17NO4/c1-10(6-7-13)4-5-11(16-10)3-2-8(14)12-9(11)15/h13H,2-7H2,1H3,(H,12,14,15). The molecule has 16 heavy (non-hydrogen) atoms. The maximum absolute atomic E-state index is 11.8. The lowest BCUT2D eigenvalue weighted by molar-refractivity contribution is -0.165. The van der Waals surface area contributed by atoms with Gasteiger partial charge < -0.3 is 9.84 Å². The van der Waals surface area contributed by atoms with Crippen molar-refractivity contribution in [3.05, 3.63) is 0 Å². The van der Waals surface area contributed by atoms with Crippen LogP contribution >= 0.6 is 0 Å². The summed E-state index contributed by atoms with van der Waals surface area (Å²) in [6.45, 7) is 1.95. The number of hydrogen-bond donors (Lipinski definition) is 2. The summed E-state index contributed by atoms with van der Waals surface area (Å²) in [6, 6.07) is 0. The zero-order valence-electron chi connectivity index (χ0n) is 9.41. The van der Waals surface area contributed by atoms with E-state index in [4.69, 9.17) is 9.84 Å². The molecule has 5 nitrogen and oxygen atoms in total. The van der Waals surface area contributed by atoms with Crippen LogP contribution in [0.25, 0.3) is 0 Å². The van der Waals surface area contributed by atoms with Gasteiger partial charge in [-0.15, -0.1) is 0 Å². The minimum absolute atomic E-state index is 0.0487. The predicted molar refractivity (Wildman–Crippen MR) is 55.5 cm³/mol. The van der Waals surface area contributed by atoms with Gasteiger partial charge in [-0.2, -0.15) is 0 Å². The number of imide groups is 1. The molecule has 2 aliphatic heterocycles. The quantitative estimate of drug-likeness (QED) is 0.657. The predicted octanol–water partition coefficient (Wildman–Crippen LogP) is 0.113. The lowest BCUT2D eigenvalue weighted by Crippen LogP contribution is -2.54. The summed E-state index contributed by atoms with van der Waals surface area (Å²) >= 11 is 0. The number of aliphatic hydroxyl groups excluding tert-OH is 1. The molecule has 5 heteroatoms. The van der Waals surface area contributed by atoms with Crippen LogP contribution in [0.4, 0.5) is 0 Å². The summed E-state index contributed by atoms with van der Waals surface area (Å²) in [4.78, 5) is 22.9. The molecule has 2 fully saturated rings. The number of carbonyl (C=O) groups is 2. The molecule has 2 heterocycles. The second-order valence-corrected chi connectivity index (χ2v) is 4.90. The summed E-state index contributed by atoms with van der Waals surface area (Å²) in [5.41, 5.74) is -1.27. The normalized spacial score (nSPS) is 39.1. The Morgan fingerprint density at radius 2 is 2.12 bits per heavy atom. The van der Waals surface area contributed by atoms with Gasteiger partial charge in [0.2, 0.25) is 5.91 Å². The molecular weight excluding hydrogens is 210 g/mol. The highest BCUT2D eigenvalue weighted by Gasteiger charge is 2.53. The molecular formula is C11H17NO4. The third-order valence-corrected chi connectivity index (χ3v) is 3.56. The fraction of sp³-hybridized carbons (Fsp3) is 0.818. The van der Waals surface area contributed by atoms with Crippen molar-refractivity contribution in [1.82, 2.24) is 5.32 Å². The molecule has 2 saturated heterocycles. The van der Waals surface area contributed by atoms with Gasteiger partial charge in [-0.1, -0.05) is 0 Å². The SMILES string of the molecule is CC1(CCO)CCC2(CCC(=O)NC2=O)O1. The van der Waals surface area contributed by atoms with Gasteiger partial charge in [-0.05, 0) is 32.6 Å². The molecule has 0 aromatic heterocycles. The molecule has 0 aromatic carbocycles. The lowest BCUT2D eigenvalue weighted by Gasteiger charge is -2.34. The molecule has 0 radical (unpaired) electrons. The minimum Gasteiger partial charge on any atom is -0.396 e. The topological polar surface area (TPSA) is 75.6 Å². The van der Waals surface area contributed by atoms with Crippen LogP contribution in [0.5, 0.6) is 0 Å². The zero-order valence-corrected chi connectivity index (χ0v) is 9.41. The number of aliphatic hydroxyl groups is 1. The first-order valence-corrected chi connectivity index (χ1v) is 5.65. The van der Waals surface area contributed by atoms with Gasteiger partial charge in [0.1, 0.15) is 5.60 Å². The molecule has 0 aliphatic carbocycles. The molecule has 2 atom stereocenters. The summed E-state index contributed by atoms with van der Waals surface area (Å²) in [6.07, 6.45) is 2.69. The minimum atomic E-state index is -0.835. The van der Waals surface area contributed by atoms with Gasteiger partial charge in [-0.25, -0.2) is 0 Å². The van der Waals surface area contributed by atoms with Crippen LogP contribution in [-0.4, -0.2) is 34.7 Å². The van der Waals surface area contributed by atoms with E-state index >= 15 is 0 Å². The van der Waals surface area contributed by atoms with Crippen LogP contribution in [0.15, 0.2) is 0 Å². The van der Waals surface area contributed by atoms with E-state index in [9.17, 15) is 9.59 Å². The van der Waals surface area contributed by atoms with Crippen LogP contribution in [0.2, 0.25) is 0 Å². The van der Waals surface area contributed by atoms with Gasteiger partial charge in [0, 0.05) is 13.0 Å². The second kappa shape index (κ2) is 3.82. The van der Waals surface area contributed by atoms with Crippen LogP contribution in [0, 0.1) is 0 Å². The van der Waals surface area contributed by atoms with Gasteiger partial charge in [0.05, 0.1) is 5.60 Å². The molecule has 2 N–H and O–H groups in total. The average molecular weight is 227 g/mol. The van der Waals surface area contributed by atoms with Gasteiger partial charge in [0.15, 0.2) is 0 Å². The molecule has 2 amide bonds. The molecule has 1 spiro atoms. The van der Waals surface area contributed by atoms with Crippen molar-refractivity contribution in [1.29, 1.82) is 0 Å². The Labute approximate surface area is 94.2 Å². The fourth-order valence-electron chi connectivity index (χ4n) is 2.52. The van der Waals surface area contributed by atoms with Gasteiger partial charge >= 0.3 is 0 Å². The number of piperidine rings is 1. The van der Waals surface area contributed by atoms with Crippen molar-refractivity contribution in [2.45, 2.75) is 50.2 Å². The van der Waals surface area contributed by atoms with Crippen molar-refractivity contribution in [2.75, 3.05) is 6.61 Å². The smallest absolute Gasteiger partial charge is 0.258 e. The largest absolute Gasteiger partial charge is 0.396 e. The molecule has 2 aliphatic rings. The van der Waals surface area contributed by atoms with E-state index in [0.717, 1.165) is 6.42 Å². The first kappa shape index (κ1) is 11.5. The summed E-state index contributed by atoms with van der Waals surface area (Å²) in [5.74, 6) is -0.541. The molecule has 2 unspecified atom stereocenters. The van der Waals surface area contributed by atoms with E-state index in [2.05, 4.69) is 5.32 Å². The number of nitrogens with one attached hydrogen (secondary N) is 1. The first-order chi connectivity index (χ1) is 7.50. The summed E-state index contributed by atoms with van der Waals surface area (Å²) < 4.78 is 5.85. The molecule has 0 aromatic rings. The zero-order chi connectivity index (χ0) is 11.8. The van der Waals surface area contributed by atoms with E-state index in [1.165, 1.54) is 0 Å². The Hall–Kier alpha value is -0.940. The van der Waals surface area contributed by atoms with Crippen LogP contribution in [0.1, 0.15) is 39.0 Å². The monoisotopic (exact) mass is 227 g/mol. The van der Waals surface area contributed by atoms with Crippen LogP contribution in [0.3, 0.4) is 0 Å². The van der Waals surface area contributed by atoms with Crippen molar-refractivity contribution in [2.24, 2.45) is 0 Å².